The van der Waals surface area contributed by atoms with Crippen LogP contribution in [-0.2, 0) is 0 Å². The lowest BCUT2D eigenvalue weighted by Crippen LogP contribution is -1.82. The first-order valence-corrected chi connectivity index (χ1v) is 4.47. The van der Waals surface area contributed by atoms with Gasteiger partial charge in [0, 0.05) is 11.8 Å². The van der Waals surface area contributed by atoms with E-state index in [4.69, 9.17) is 0 Å². The lowest BCUT2D eigenvalue weighted by Gasteiger charge is -1.97. The number of rotatable bonds is 4. The monoisotopic (exact) mass is 193 g/mol. The van der Waals surface area contributed by atoms with Crippen molar-refractivity contribution in [1.82, 2.24) is 0 Å². The lowest BCUT2D eigenvalue weighted by atomic mass is 10.2. The summed E-state index contributed by atoms with van der Waals surface area (Å²) in [5.41, 5.74) is 0.689. The molecule has 0 saturated heterocycles. The molecule has 0 aliphatic rings. The lowest BCUT2D eigenvalue weighted by molar-refractivity contribution is 0.643. The van der Waals surface area contributed by atoms with E-state index in [1.54, 1.807) is 31.4 Å². The molecule has 0 N–H and O–H groups in total. The Hall–Kier alpha value is -1.44. The van der Waals surface area contributed by atoms with Crippen molar-refractivity contribution in [3.8, 4) is 0 Å². The van der Waals surface area contributed by atoms with E-state index in [9.17, 15) is 4.39 Å². The molecule has 0 fully saturated rings. The normalized spacial score (nSPS) is 14.3. The zero-order valence-corrected chi connectivity index (χ0v) is 8.92. The first-order chi connectivity index (χ1) is 6.63. The summed E-state index contributed by atoms with van der Waals surface area (Å²) in [6.07, 6.45) is 8.48. The molecule has 0 aliphatic carbocycles. The van der Waals surface area contributed by atoms with Crippen molar-refractivity contribution in [2.45, 2.75) is 20.8 Å². The van der Waals surface area contributed by atoms with Gasteiger partial charge in [-0.1, -0.05) is 24.8 Å². The zero-order valence-electron chi connectivity index (χ0n) is 8.92. The Balaban J connectivity index is 4.66. The number of nitrogens with zero attached hydrogens (tertiary/aromatic N) is 1. The first-order valence-electron chi connectivity index (χ1n) is 4.47. The molecule has 0 aromatic carbocycles. The molecule has 0 aliphatic heterocycles. The van der Waals surface area contributed by atoms with Gasteiger partial charge in [0.1, 0.15) is 0 Å². The molecule has 14 heavy (non-hydrogen) atoms. The molecule has 0 spiro atoms. The minimum Gasteiger partial charge on any atom is -0.259 e. The maximum absolute atomic E-state index is 13.4. The highest BCUT2D eigenvalue weighted by Gasteiger charge is 2.01. The van der Waals surface area contributed by atoms with E-state index in [0.717, 1.165) is 0 Å². The standard InChI is InChI=1S/C12H16FN/c1-5-7-9-14-11(4)12(13)10(3)8-6-2/h5-9H,3H2,1-2,4H3/b7-5+,8-6+,12-11+,14-9-. The van der Waals surface area contributed by atoms with E-state index in [-0.39, 0.29) is 5.83 Å². The maximum atomic E-state index is 13.4. The third-order valence-electron chi connectivity index (χ3n) is 1.51. The van der Waals surface area contributed by atoms with Gasteiger partial charge in [-0.2, -0.15) is 0 Å². The number of allylic oxidation sites excluding steroid dienone is 7. The fourth-order valence-electron chi connectivity index (χ4n) is 0.804. The Kier molecular flexibility index (Phi) is 6.29. The van der Waals surface area contributed by atoms with Gasteiger partial charge in [-0.05, 0) is 26.8 Å². The van der Waals surface area contributed by atoms with E-state index in [1.165, 1.54) is 0 Å². The van der Waals surface area contributed by atoms with Gasteiger partial charge in [0.15, 0.2) is 5.83 Å². The summed E-state index contributed by atoms with van der Waals surface area (Å²) in [7, 11) is 0. The summed E-state index contributed by atoms with van der Waals surface area (Å²) < 4.78 is 13.4. The third kappa shape index (κ3) is 4.55. The molecule has 0 rings (SSSR count). The molecule has 0 atom stereocenters. The fourth-order valence-corrected chi connectivity index (χ4v) is 0.804. The Labute approximate surface area is 85.1 Å². The van der Waals surface area contributed by atoms with E-state index < -0.39 is 0 Å². The highest BCUT2D eigenvalue weighted by atomic mass is 19.1. The molecule has 0 saturated carbocycles. The topological polar surface area (TPSA) is 12.4 Å². The Bertz CT molecular complexity index is 306. The van der Waals surface area contributed by atoms with Crippen LogP contribution in [0.25, 0.3) is 0 Å². The van der Waals surface area contributed by atoms with Gasteiger partial charge in [-0.3, -0.25) is 4.99 Å². The number of hydrogen-bond acceptors (Lipinski definition) is 1. The molecule has 0 unspecified atom stereocenters. The SMILES string of the molecule is C=C(/C=C/C)\C(F)=C(C)/N=C\C=C\C. The van der Waals surface area contributed by atoms with Crippen molar-refractivity contribution in [3.63, 3.8) is 0 Å². The summed E-state index contributed by atoms with van der Waals surface area (Å²) >= 11 is 0. The number of hydrogen-bond donors (Lipinski definition) is 0. The van der Waals surface area contributed by atoms with Crippen LogP contribution in [0.15, 0.2) is 53.0 Å². The van der Waals surface area contributed by atoms with E-state index in [2.05, 4.69) is 11.6 Å². The van der Waals surface area contributed by atoms with E-state index in [0.29, 0.717) is 11.3 Å². The molecule has 0 amide bonds. The van der Waals surface area contributed by atoms with Crippen molar-refractivity contribution in [3.05, 3.63) is 48.0 Å². The molecule has 0 aromatic heterocycles. The second-order valence-electron chi connectivity index (χ2n) is 2.73. The molecular weight excluding hydrogens is 177 g/mol. The Morgan fingerprint density at radius 1 is 1.29 bits per heavy atom. The average molecular weight is 193 g/mol. The van der Waals surface area contributed by atoms with Crippen LogP contribution in [0, 0.1) is 0 Å². The summed E-state index contributed by atoms with van der Waals surface area (Å²) in [4.78, 5) is 3.92. The van der Waals surface area contributed by atoms with Crippen molar-refractivity contribution >= 4 is 6.21 Å². The van der Waals surface area contributed by atoms with Crippen LogP contribution in [0.3, 0.4) is 0 Å². The van der Waals surface area contributed by atoms with Crippen LogP contribution in [0.4, 0.5) is 4.39 Å². The van der Waals surface area contributed by atoms with Crippen LogP contribution in [0.5, 0.6) is 0 Å². The molecule has 0 bridgehead atoms. The van der Waals surface area contributed by atoms with Crippen LogP contribution in [0.2, 0.25) is 0 Å². The predicted molar refractivity (Wildman–Crippen MR) is 61.1 cm³/mol. The van der Waals surface area contributed by atoms with Crippen LogP contribution >= 0.6 is 0 Å². The fraction of sp³-hybridized carbons (Fsp3) is 0.250. The predicted octanol–water partition coefficient (Wildman–Crippen LogP) is 3.97. The highest BCUT2D eigenvalue weighted by Crippen LogP contribution is 2.16. The number of aliphatic imine (C=N–C) groups is 1. The maximum Gasteiger partial charge on any atom is 0.150 e. The molecule has 1 nitrogen and oxygen atoms in total. The van der Waals surface area contributed by atoms with Crippen molar-refractivity contribution in [2.24, 2.45) is 4.99 Å². The smallest absolute Gasteiger partial charge is 0.150 e. The van der Waals surface area contributed by atoms with Gasteiger partial charge in [0.2, 0.25) is 0 Å². The third-order valence-corrected chi connectivity index (χ3v) is 1.51. The van der Waals surface area contributed by atoms with Gasteiger partial charge in [-0.25, -0.2) is 4.39 Å². The highest BCUT2D eigenvalue weighted by molar-refractivity contribution is 5.72. The quantitative estimate of drug-likeness (QED) is 0.473. The summed E-state index contributed by atoms with van der Waals surface area (Å²) in [6.45, 7) is 8.89. The second kappa shape index (κ2) is 7.01. The van der Waals surface area contributed by atoms with Gasteiger partial charge >= 0.3 is 0 Å². The van der Waals surface area contributed by atoms with Gasteiger partial charge < -0.3 is 0 Å². The molecule has 0 radical (unpaired) electrons. The molecular formula is C12H16FN. The van der Waals surface area contributed by atoms with Crippen LogP contribution < -0.4 is 0 Å². The minimum absolute atomic E-state index is 0.339. The molecule has 76 valence electrons. The van der Waals surface area contributed by atoms with Gasteiger partial charge in [-0.15, -0.1) is 0 Å². The number of halogens is 1. The average Bonchev–Trinajstić information content (AvgIpc) is 2.17. The minimum atomic E-state index is -0.371. The van der Waals surface area contributed by atoms with Crippen LogP contribution in [-0.4, -0.2) is 6.21 Å². The summed E-state index contributed by atoms with van der Waals surface area (Å²) in [5, 5.41) is 0. The molecule has 0 heterocycles. The van der Waals surface area contributed by atoms with E-state index in [1.807, 2.05) is 19.9 Å². The van der Waals surface area contributed by atoms with Crippen molar-refractivity contribution in [1.29, 1.82) is 0 Å². The Morgan fingerprint density at radius 2 is 1.93 bits per heavy atom. The van der Waals surface area contributed by atoms with Crippen molar-refractivity contribution in [2.75, 3.05) is 0 Å². The second-order valence-corrected chi connectivity index (χ2v) is 2.73. The van der Waals surface area contributed by atoms with Crippen molar-refractivity contribution < 1.29 is 4.39 Å². The van der Waals surface area contributed by atoms with Crippen LogP contribution in [0.1, 0.15) is 20.8 Å². The summed E-state index contributed by atoms with van der Waals surface area (Å²) in [6, 6.07) is 0. The Morgan fingerprint density at radius 3 is 2.43 bits per heavy atom. The van der Waals surface area contributed by atoms with Gasteiger partial charge in [0.25, 0.3) is 0 Å². The van der Waals surface area contributed by atoms with Gasteiger partial charge in [0.05, 0.1) is 5.70 Å². The largest absolute Gasteiger partial charge is 0.259 e. The molecule has 0 aromatic rings. The first kappa shape index (κ1) is 12.6. The molecule has 2 heteroatoms. The zero-order chi connectivity index (χ0) is 11.0. The van der Waals surface area contributed by atoms with E-state index >= 15 is 0 Å². The summed E-state index contributed by atoms with van der Waals surface area (Å²) in [5.74, 6) is -0.371.